The number of ether oxygens (including phenoxy) is 1. The lowest BCUT2D eigenvalue weighted by atomic mass is 9.96. The molecule has 0 aromatic heterocycles. The highest BCUT2D eigenvalue weighted by Crippen LogP contribution is 2.12. The van der Waals surface area contributed by atoms with Crippen molar-refractivity contribution in [2.24, 2.45) is 17.6 Å². The Hall–Kier alpha value is -0.380. The molecule has 0 rings (SSSR count). The van der Waals surface area contributed by atoms with Crippen LogP contribution in [0.1, 0.15) is 20.3 Å². The summed E-state index contributed by atoms with van der Waals surface area (Å²) in [5.41, 5.74) is 5.81. The van der Waals surface area contributed by atoms with Crippen molar-refractivity contribution in [3.8, 4) is 0 Å². The number of nitrogens with zero attached hydrogens (tertiary/aromatic N) is 1. The first-order chi connectivity index (χ1) is 7.63. The van der Waals surface area contributed by atoms with Gasteiger partial charge in [0.05, 0.1) is 6.61 Å². The summed E-state index contributed by atoms with van der Waals surface area (Å²) in [7, 11) is 1.74. The zero-order valence-electron chi connectivity index (χ0n) is 11.1. The van der Waals surface area contributed by atoms with Crippen molar-refractivity contribution in [1.82, 2.24) is 4.90 Å². The van der Waals surface area contributed by atoms with Gasteiger partial charge in [0.15, 0.2) is 0 Å². The van der Waals surface area contributed by atoms with Crippen LogP contribution in [0, 0.1) is 11.8 Å². The number of nitrogens with two attached hydrogens (primary N) is 1. The van der Waals surface area contributed by atoms with E-state index in [-0.39, 0.29) is 0 Å². The number of hydrogen-bond donors (Lipinski definition) is 1. The van der Waals surface area contributed by atoms with Crippen molar-refractivity contribution in [2.45, 2.75) is 20.3 Å². The average molecular weight is 228 g/mol. The van der Waals surface area contributed by atoms with Gasteiger partial charge in [0.25, 0.3) is 0 Å². The maximum absolute atomic E-state index is 5.81. The average Bonchev–Trinajstić information content (AvgIpc) is 2.24. The highest BCUT2D eigenvalue weighted by Gasteiger charge is 2.13. The van der Waals surface area contributed by atoms with Crippen LogP contribution in [-0.4, -0.2) is 44.8 Å². The standard InChI is InChI=1S/C13H28N2O/c1-5-6-15(7-8-16-4)11-13(10-14)9-12(2)3/h5,12-13H,1,6-11,14H2,2-4H3. The van der Waals surface area contributed by atoms with E-state index in [0.29, 0.717) is 11.8 Å². The highest BCUT2D eigenvalue weighted by atomic mass is 16.5. The first-order valence-electron chi connectivity index (χ1n) is 6.16. The minimum atomic E-state index is 0.580. The predicted molar refractivity (Wildman–Crippen MR) is 70.5 cm³/mol. The van der Waals surface area contributed by atoms with Gasteiger partial charge in [0, 0.05) is 26.7 Å². The van der Waals surface area contributed by atoms with Gasteiger partial charge in [-0.2, -0.15) is 0 Å². The Morgan fingerprint density at radius 2 is 2.12 bits per heavy atom. The third-order valence-electron chi connectivity index (χ3n) is 2.65. The van der Waals surface area contributed by atoms with Crippen LogP contribution >= 0.6 is 0 Å². The zero-order valence-corrected chi connectivity index (χ0v) is 11.1. The summed E-state index contributed by atoms with van der Waals surface area (Å²) in [6, 6.07) is 0. The topological polar surface area (TPSA) is 38.5 Å². The molecule has 0 aliphatic heterocycles. The van der Waals surface area contributed by atoms with Gasteiger partial charge >= 0.3 is 0 Å². The molecule has 0 fully saturated rings. The van der Waals surface area contributed by atoms with Crippen molar-refractivity contribution >= 4 is 0 Å². The van der Waals surface area contributed by atoms with E-state index >= 15 is 0 Å². The quantitative estimate of drug-likeness (QED) is 0.579. The highest BCUT2D eigenvalue weighted by molar-refractivity contribution is 4.76. The number of rotatable bonds is 10. The van der Waals surface area contributed by atoms with Crippen LogP contribution in [0.15, 0.2) is 12.7 Å². The van der Waals surface area contributed by atoms with Crippen molar-refractivity contribution in [1.29, 1.82) is 0 Å². The van der Waals surface area contributed by atoms with E-state index in [9.17, 15) is 0 Å². The van der Waals surface area contributed by atoms with E-state index in [4.69, 9.17) is 10.5 Å². The summed E-state index contributed by atoms with van der Waals surface area (Å²) in [5, 5.41) is 0. The molecule has 0 amide bonds. The summed E-state index contributed by atoms with van der Waals surface area (Å²) < 4.78 is 5.11. The molecule has 0 saturated heterocycles. The summed E-state index contributed by atoms with van der Waals surface area (Å²) in [4.78, 5) is 2.36. The van der Waals surface area contributed by atoms with Gasteiger partial charge in [0.2, 0.25) is 0 Å². The SMILES string of the molecule is C=CCN(CCOC)CC(CN)CC(C)C. The first-order valence-corrected chi connectivity index (χ1v) is 6.16. The first kappa shape index (κ1) is 15.6. The monoisotopic (exact) mass is 228 g/mol. The Morgan fingerprint density at radius 3 is 2.56 bits per heavy atom. The molecule has 3 heteroatoms. The molecule has 0 saturated carbocycles. The van der Waals surface area contributed by atoms with Crippen LogP contribution in [0.5, 0.6) is 0 Å². The van der Waals surface area contributed by atoms with E-state index in [1.807, 2.05) is 6.08 Å². The molecule has 0 aliphatic rings. The van der Waals surface area contributed by atoms with Crippen LogP contribution < -0.4 is 5.73 Å². The van der Waals surface area contributed by atoms with Crippen molar-refractivity contribution in [2.75, 3.05) is 39.9 Å². The zero-order chi connectivity index (χ0) is 12.4. The minimum Gasteiger partial charge on any atom is -0.383 e. The molecule has 1 atom stereocenters. The van der Waals surface area contributed by atoms with Gasteiger partial charge in [-0.25, -0.2) is 0 Å². The van der Waals surface area contributed by atoms with E-state index in [2.05, 4.69) is 25.3 Å². The molecule has 0 bridgehead atoms. The molecule has 0 radical (unpaired) electrons. The summed E-state index contributed by atoms with van der Waals surface area (Å²) in [6.07, 6.45) is 3.13. The lowest BCUT2D eigenvalue weighted by Crippen LogP contribution is -2.35. The number of methoxy groups -OCH3 is 1. The predicted octanol–water partition coefficient (Wildman–Crippen LogP) is 1.74. The van der Waals surface area contributed by atoms with Crippen molar-refractivity contribution < 1.29 is 4.74 Å². The fourth-order valence-electron chi connectivity index (χ4n) is 1.94. The summed E-state index contributed by atoms with van der Waals surface area (Å²) >= 11 is 0. The van der Waals surface area contributed by atoms with Crippen LogP contribution in [-0.2, 0) is 4.74 Å². The van der Waals surface area contributed by atoms with E-state index < -0.39 is 0 Å². The van der Waals surface area contributed by atoms with Crippen LogP contribution in [0.4, 0.5) is 0 Å². The van der Waals surface area contributed by atoms with Gasteiger partial charge in [-0.05, 0) is 24.8 Å². The molecule has 0 aromatic rings. The smallest absolute Gasteiger partial charge is 0.0589 e. The second-order valence-electron chi connectivity index (χ2n) is 4.77. The van der Waals surface area contributed by atoms with E-state index in [0.717, 1.165) is 32.8 Å². The Labute approximate surface area is 101 Å². The van der Waals surface area contributed by atoms with Gasteiger partial charge in [-0.1, -0.05) is 19.9 Å². The third-order valence-corrected chi connectivity index (χ3v) is 2.65. The Balaban J connectivity index is 4.05. The second-order valence-corrected chi connectivity index (χ2v) is 4.77. The normalized spacial score (nSPS) is 13.4. The van der Waals surface area contributed by atoms with Gasteiger partial charge < -0.3 is 10.5 Å². The van der Waals surface area contributed by atoms with Crippen LogP contribution in [0.3, 0.4) is 0 Å². The Morgan fingerprint density at radius 1 is 1.44 bits per heavy atom. The van der Waals surface area contributed by atoms with E-state index in [1.54, 1.807) is 7.11 Å². The van der Waals surface area contributed by atoms with Crippen LogP contribution in [0.2, 0.25) is 0 Å². The Bertz CT molecular complexity index is 171. The third kappa shape index (κ3) is 7.85. The summed E-state index contributed by atoms with van der Waals surface area (Å²) in [6.45, 7) is 12.7. The maximum Gasteiger partial charge on any atom is 0.0589 e. The molecule has 0 heterocycles. The molecular formula is C13H28N2O. The largest absolute Gasteiger partial charge is 0.383 e. The maximum atomic E-state index is 5.81. The molecule has 16 heavy (non-hydrogen) atoms. The molecule has 2 N–H and O–H groups in total. The molecule has 0 spiro atoms. The van der Waals surface area contributed by atoms with Crippen LogP contribution in [0.25, 0.3) is 0 Å². The van der Waals surface area contributed by atoms with Crippen molar-refractivity contribution in [3.05, 3.63) is 12.7 Å². The molecular weight excluding hydrogens is 200 g/mol. The molecule has 3 nitrogen and oxygen atoms in total. The molecule has 1 unspecified atom stereocenters. The minimum absolute atomic E-state index is 0.580. The lowest BCUT2D eigenvalue weighted by Gasteiger charge is -2.26. The molecule has 0 aliphatic carbocycles. The lowest BCUT2D eigenvalue weighted by molar-refractivity contribution is 0.141. The van der Waals surface area contributed by atoms with Gasteiger partial charge in [0.1, 0.15) is 0 Å². The number of hydrogen-bond acceptors (Lipinski definition) is 3. The van der Waals surface area contributed by atoms with Gasteiger partial charge in [-0.3, -0.25) is 4.90 Å². The van der Waals surface area contributed by atoms with Crippen molar-refractivity contribution in [3.63, 3.8) is 0 Å². The second kappa shape index (κ2) is 9.82. The fourth-order valence-corrected chi connectivity index (χ4v) is 1.94. The van der Waals surface area contributed by atoms with E-state index in [1.165, 1.54) is 6.42 Å². The molecule has 96 valence electrons. The fraction of sp³-hybridized carbons (Fsp3) is 0.846. The molecule has 0 aromatic carbocycles. The van der Waals surface area contributed by atoms with Gasteiger partial charge in [-0.15, -0.1) is 6.58 Å². The Kier molecular flexibility index (Phi) is 9.59. The summed E-state index contributed by atoms with van der Waals surface area (Å²) in [5.74, 6) is 1.29.